The first-order valence-electron chi connectivity index (χ1n) is 0. The zero-order chi connectivity index (χ0) is 0. The third kappa shape index (κ3) is 163. The van der Waals surface area contributed by atoms with Crippen LogP contribution in [0.5, 0.6) is 0 Å². The average molecular weight is 413 g/mol. The topological polar surface area (TPSA) is 142 Å². The molecule has 0 aromatic heterocycles. The van der Waals surface area contributed by atoms with Gasteiger partial charge in [-0.1, -0.05) is 0 Å². The first-order valence-corrected chi connectivity index (χ1v) is 0. The summed E-state index contributed by atoms with van der Waals surface area (Å²) in [5.74, 6) is 0. The minimum atomic E-state index is 0. The zero-order valence-electron chi connectivity index (χ0n) is 3.80. The van der Waals surface area contributed by atoms with Crippen molar-refractivity contribution in [1.29, 1.82) is 0 Å². The molecule has 0 bridgehead atoms. The largest absolute Gasteiger partial charge is 3.00 e. The third-order valence-corrected chi connectivity index (χ3v) is 0. The van der Waals surface area contributed by atoms with Gasteiger partial charge in [-0.25, -0.2) is 0 Å². The Bertz CT molecular complexity index is 20.4. The molecule has 0 fully saturated rings. The fourth-order valence-corrected chi connectivity index (χ4v) is 0. The summed E-state index contributed by atoms with van der Waals surface area (Å²) in [6.07, 6.45) is 0. The van der Waals surface area contributed by atoms with Gasteiger partial charge < -0.3 is 27.4 Å². The van der Waals surface area contributed by atoms with Crippen LogP contribution in [0.25, 0.3) is 0 Å². The number of rotatable bonds is 0. The Morgan fingerprint density at radius 3 is 0.364 bits per heavy atom. The van der Waals surface area contributed by atoms with Crippen LogP contribution in [0.15, 0.2) is 0 Å². The van der Waals surface area contributed by atoms with Crippen molar-refractivity contribution in [2.75, 3.05) is 0 Å². The normalized spacial score (nSPS) is 0. The second kappa shape index (κ2) is 194. The summed E-state index contributed by atoms with van der Waals surface area (Å²) in [7, 11) is 0. The first-order chi connectivity index (χ1) is 0. The molecule has 2 radical (unpaired) electrons. The molecule has 0 atom stereocenters. The molecule has 70 valence electrons. The van der Waals surface area contributed by atoms with Crippen LogP contribution in [0.2, 0.25) is 0 Å². The third-order valence-electron chi connectivity index (χ3n) is 0. The molecule has 0 aliphatic rings. The standard InChI is InChI=1S/2BH3.2Cu.5O.2Y/h2*1H3;;;;;;;;;/q;;2*+2;5*-2;2*+3. The molecule has 0 unspecified atom stereocenters. The number of hydrogen-bond donors (Lipinski definition) is 0. The van der Waals surface area contributed by atoms with Crippen molar-refractivity contribution >= 4 is 16.8 Å². The SMILES string of the molecule is B.B.[Cu+2].[Cu+2].[O-2].[O-2].[O-2].[O-2].[O-2].[Y+3].[Y+3]. The molecule has 5 nitrogen and oxygen atoms in total. The smallest absolute Gasteiger partial charge is 2.00 e. The Morgan fingerprint density at radius 1 is 0.364 bits per heavy atom. The summed E-state index contributed by atoms with van der Waals surface area (Å²) in [5, 5.41) is 0. The first kappa shape index (κ1) is 244. The molecule has 0 rings (SSSR count). The van der Waals surface area contributed by atoms with E-state index < -0.39 is 0 Å². The Balaban J connectivity index is 0. The van der Waals surface area contributed by atoms with E-state index in [0.717, 1.165) is 0 Å². The van der Waals surface area contributed by atoms with Crippen LogP contribution in [0, 0.1) is 0 Å². The molecule has 0 aliphatic carbocycles. The van der Waals surface area contributed by atoms with Crippen molar-refractivity contribution in [3.63, 3.8) is 0 Å². The number of hydrogen-bond acceptors (Lipinski definition) is 0. The quantitative estimate of drug-likeness (QED) is 0.375. The van der Waals surface area contributed by atoms with Gasteiger partial charge in [0.25, 0.3) is 0 Å². The van der Waals surface area contributed by atoms with E-state index in [1.807, 2.05) is 0 Å². The van der Waals surface area contributed by atoms with Crippen LogP contribution in [-0.2, 0) is 127 Å². The summed E-state index contributed by atoms with van der Waals surface area (Å²) in [5.41, 5.74) is 0. The minimum absolute atomic E-state index is 0. The van der Waals surface area contributed by atoms with Crippen LogP contribution in [-0.4, -0.2) is 16.8 Å². The van der Waals surface area contributed by atoms with Crippen molar-refractivity contribution in [2.24, 2.45) is 0 Å². The monoisotopic (exact) mass is 412 g/mol. The van der Waals surface area contributed by atoms with E-state index in [1.54, 1.807) is 0 Å². The van der Waals surface area contributed by atoms with Gasteiger partial charge in [-0.05, 0) is 0 Å². The Kier molecular flexibility index (Phi) is 4290. The van der Waals surface area contributed by atoms with Gasteiger partial charge in [0.05, 0.1) is 16.8 Å². The Hall–Kier alpha value is 3.18. The van der Waals surface area contributed by atoms with E-state index in [2.05, 4.69) is 0 Å². The maximum Gasteiger partial charge on any atom is 3.00 e. The molecule has 0 amide bonds. The predicted molar refractivity (Wildman–Crippen MR) is 23.3 cm³/mol. The molecule has 0 aliphatic heterocycles. The van der Waals surface area contributed by atoms with Crippen LogP contribution in [0.4, 0.5) is 0 Å². The summed E-state index contributed by atoms with van der Waals surface area (Å²) in [4.78, 5) is 0. The Morgan fingerprint density at radius 2 is 0.364 bits per heavy atom. The van der Waals surface area contributed by atoms with E-state index in [9.17, 15) is 0 Å². The van der Waals surface area contributed by atoms with E-state index in [1.165, 1.54) is 0 Å². The molecule has 0 aromatic rings. The molecular weight excluding hydrogens is 407 g/mol. The van der Waals surface area contributed by atoms with Crippen LogP contribution < -0.4 is 0 Å². The average Bonchev–Trinajstić information content (AvgIpc) is 0. The van der Waals surface area contributed by atoms with Gasteiger partial charge in [0.2, 0.25) is 0 Å². The maximum absolute atomic E-state index is 0. The van der Waals surface area contributed by atoms with E-state index >= 15 is 0 Å². The van der Waals surface area contributed by atoms with Crippen LogP contribution >= 0.6 is 0 Å². The predicted octanol–water partition coefficient (Wildman–Crippen LogP) is -2.97. The molecule has 11 heteroatoms. The van der Waals surface area contributed by atoms with Gasteiger partial charge in [-0.2, -0.15) is 0 Å². The van der Waals surface area contributed by atoms with Crippen molar-refractivity contribution in [2.45, 2.75) is 0 Å². The summed E-state index contributed by atoms with van der Waals surface area (Å²) >= 11 is 0. The minimum Gasteiger partial charge on any atom is -2.00 e. The summed E-state index contributed by atoms with van der Waals surface area (Å²) in [6.45, 7) is 0. The molecule has 0 heterocycles. The van der Waals surface area contributed by atoms with Gasteiger partial charge >= 0.3 is 99.6 Å². The van der Waals surface area contributed by atoms with E-state index in [-0.39, 0.29) is 144 Å². The van der Waals surface area contributed by atoms with Gasteiger partial charge in [-0.3, -0.25) is 0 Å². The van der Waals surface area contributed by atoms with Crippen molar-refractivity contribution in [3.05, 3.63) is 0 Å². The van der Waals surface area contributed by atoms with Crippen molar-refractivity contribution < 1.29 is 127 Å². The zero-order valence-corrected chi connectivity index (χ0v) is 11.4. The van der Waals surface area contributed by atoms with Gasteiger partial charge in [0.15, 0.2) is 0 Å². The molecule has 0 spiro atoms. The van der Waals surface area contributed by atoms with Crippen molar-refractivity contribution in [3.8, 4) is 0 Å². The van der Waals surface area contributed by atoms with Crippen LogP contribution in [0.3, 0.4) is 0 Å². The fraction of sp³-hybridized carbons (Fsp3) is 0. The second-order valence-electron chi connectivity index (χ2n) is 0. The summed E-state index contributed by atoms with van der Waals surface area (Å²) < 4.78 is 0. The van der Waals surface area contributed by atoms with E-state index in [0.29, 0.717) is 0 Å². The van der Waals surface area contributed by atoms with Gasteiger partial charge in [0.1, 0.15) is 0 Å². The second-order valence-corrected chi connectivity index (χ2v) is 0. The van der Waals surface area contributed by atoms with Gasteiger partial charge in [-0.15, -0.1) is 0 Å². The molecule has 0 saturated heterocycles. The van der Waals surface area contributed by atoms with E-state index in [4.69, 9.17) is 0 Å². The van der Waals surface area contributed by atoms with Crippen LogP contribution in [0.1, 0.15) is 0 Å². The Labute approximate surface area is 141 Å². The molecule has 11 heavy (non-hydrogen) atoms. The summed E-state index contributed by atoms with van der Waals surface area (Å²) in [6, 6.07) is 0. The van der Waals surface area contributed by atoms with Crippen molar-refractivity contribution in [1.82, 2.24) is 0 Å². The fourth-order valence-electron chi connectivity index (χ4n) is 0. The molecule has 0 aromatic carbocycles. The van der Waals surface area contributed by atoms with Gasteiger partial charge in [0, 0.05) is 0 Å². The molecule has 0 saturated carbocycles. The molecular formula is H6B2Cu2O5Y2. The maximum atomic E-state index is 0. The molecule has 0 N–H and O–H groups in total.